The molecule has 0 aliphatic heterocycles. The Labute approximate surface area is 188 Å². The van der Waals surface area contributed by atoms with Crippen LogP contribution in [0.5, 0.6) is 11.5 Å². The van der Waals surface area contributed by atoms with E-state index in [-0.39, 0.29) is 5.82 Å². The minimum Gasteiger partial charge on any atom is -0.457 e. The van der Waals surface area contributed by atoms with Crippen molar-refractivity contribution in [1.29, 1.82) is 0 Å². The Morgan fingerprint density at radius 3 is 2.52 bits per heavy atom. The van der Waals surface area contributed by atoms with Crippen LogP contribution in [-0.2, 0) is 6.54 Å². The van der Waals surface area contributed by atoms with Gasteiger partial charge in [0.25, 0.3) is 0 Å². The van der Waals surface area contributed by atoms with Gasteiger partial charge in [-0.2, -0.15) is 5.10 Å². The molecule has 33 heavy (non-hydrogen) atoms. The highest BCUT2D eigenvalue weighted by molar-refractivity contribution is 5.89. The van der Waals surface area contributed by atoms with Gasteiger partial charge in [0.05, 0.1) is 11.2 Å². The monoisotopic (exact) mass is 443 g/mol. The molecule has 3 N–H and O–H groups in total. The molecule has 0 radical (unpaired) electrons. The molecule has 0 spiro atoms. The van der Waals surface area contributed by atoms with Crippen LogP contribution >= 0.6 is 0 Å². The number of halogens is 1. The van der Waals surface area contributed by atoms with Gasteiger partial charge < -0.3 is 15.0 Å². The van der Waals surface area contributed by atoms with Crippen molar-refractivity contribution >= 4 is 10.9 Å². The summed E-state index contributed by atoms with van der Waals surface area (Å²) in [6, 6.07) is 21.3. The first-order valence-corrected chi connectivity index (χ1v) is 10.6. The fourth-order valence-electron chi connectivity index (χ4n) is 3.89. The van der Waals surface area contributed by atoms with Crippen LogP contribution in [-0.4, -0.2) is 25.9 Å². The second-order valence-corrected chi connectivity index (χ2v) is 7.64. The summed E-state index contributed by atoms with van der Waals surface area (Å²) in [6.07, 6.45) is 2.60. The van der Waals surface area contributed by atoms with Crippen molar-refractivity contribution in [2.24, 2.45) is 5.73 Å². The summed E-state index contributed by atoms with van der Waals surface area (Å²) in [4.78, 5) is 12.8. The number of nitrogens with two attached hydrogens (primary N) is 1. The highest BCUT2D eigenvalue weighted by Crippen LogP contribution is 2.30. The molecule has 0 atom stereocenters. The molecule has 0 amide bonds. The number of ether oxygens (including phenoxy) is 1. The third-order valence-corrected chi connectivity index (χ3v) is 5.43. The van der Waals surface area contributed by atoms with Gasteiger partial charge in [0, 0.05) is 23.7 Å². The largest absolute Gasteiger partial charge is 0.457 e. The Bertz CT molecular complexity index is 1450. The van der Waals surface area contributed by atoms with Crippen LogP contribution < -0.4 is 16.2 Å². The summed E-state index contributed by atoms with van der Waals surface area (Å²) in [6.45, 7) is 1.19. The molecule has 5 rings (SSSR count). The third-order valence-electron chi connectivity index (χ3n) is 5.43. The molecule has 0 unspecified atom stereocenters. The van der Waals surface area contributed by atoms with E-state index in [1.807, 2.05) is 65.4 Å². The first-order valence-electron chi connectivity index (χ1n) is 10.6. The third kappa shape index (κ3) is 4.04. The molecule has 2 heterocycles. The van der Waals surface area contributed by atoms with Gasteiger partial charge in [0.15, 0.2) is 5.82 Å². The Balaban J connectivity index is 1.56. The lowest BCUT2D eigenvalue weighted by atomic mass is 10.2. The average molecular weight is 443 g/mol. The van der Waals surface area contributed by atoms with E-state index in [2.05, 4.69) is 10.2 Å². The van der Waals surface area contributed by atoms with E-state index in [0.29, 0.717) is 41.3 Å². The van der Waals surface area contributed by atoms with Gasteiger partial charge in [0.2, 0.25) is 0 Å². The van der Waals surface area contributed by atoms with Crippen molar-refractivity contribution in [2.45, 2.75) is 13.0 Å². The van der Waals surface area contributed by atoms with Crippen molar-refractivity contribution < 1.29 is 9.13 Å². The zero-order chi connectivity index (χ0) is 22.8. The lowest BCUT2D eigenvalue weighted by Crippen LogP contribution is -2.15. The summed E-state index contributed by atoms with van der Waals surface area (Å²) in [5.41, 5.74) is 7.37. The standard InChI is InChI=1S/C25H22FN5O2/c26-18-9-12-22-21(15-18)23(16-30(22)14-4-13-27)31-24(28-29-25(31)32)17-7-10-20(11-8-17)33-19-5-2-1-3-6-19/h1-3,5-12,15-16H,4,13-14,27H2,(H,29,32). The number of hydrogen-bond acceptors (Lipinski definition) is 4. The van der Waals surface area contributed by atoms with Crippen LogP contribution in [0.15, 0.2) is 83.8 Å². The Hall–Kier alpha value is -4.17. The lowest BCUT2D eigenvalue weighted by Gasteiger charge is -2.08. The zero-order valence-electron chi connectivity index (χ0n) is 17.7. The molecule has 0 bridgehead atoms. The van der Waals surface area contributed by atoms with Crippen molar-refractivity contribution in [3.63, 3.8) is 0 Å². The number of aryl methyl sites for hydroxylation is 1. The number of hydrogen-bond donors (Lipinski definition) is 2. The predicted molar refractivity (Wildman–Crippen MR) is 125 cm³/mol. The van der Waals surface area contributed by atoms with Gasteiger partial charge in [-0.3, -0.25) is 0 Å². The molecule has 0 aliphatic rings. The highest BCUT2D eigenvalue weighted by atomic mass is 19.1. The maximum atomic E-state index is 14.1. The summed E-state index contributed by atoms with van der Waals surface area (Å²) in [7, 11) is 0. The van der Waals surface area contributed by atoms with Gasteiger partial charge in [0.1, 0.15) is 17.3 Å². The smallest absolute Gasteiger partial charge is 0.348 e. The highest BCUT2D eigenvalue weighted by Gasteiger charge is 2.18. The van der Waals surface area contributed by atoms with Gasteiger partial charge in [-0.25, -0.2) is 18.9 Å². The first-order chi connectivity index (χ1) is 16.1. The number of nitrogens with one attached hydrogen (secondary N) is 1. The quantitative estimate of drug-likeness (QED) is 0.389. The number of H-pyrrole nitrogens is 1. The Kier molecular flexibility index (Phi) is 5.50. The van der Waals surface area contributed by atoms with Crippen LogP contribution in [0.1, 0.15) is 6.42 Å². The van der Waals surface area contributed by atoms with Crippen LogP contribution in [0.2, 0.25) is 0 Å². The molecule has 7 nitrogen and oxygen atoms in total. The van der Waals surface area contributed by atoms with Crippen molar-refractivity contribution in [1.82, 2.24) is 19.3 Å². The summed E-state index contributed by atoms with van der Waals surface area (Å²) < 4.78 is 23.4. The molecule has 8 heteroatoms. The van der Waals surface area contributed by atoms with Crippen LogP contribution in [0, 0.1) is 5.82 Å². The first kappa shape index (κ1) is 20.7. The normalized spacial score (nSPS) is 11.2. The fraction of sp³-hybridized carbons (Fsp3) is 0.120. The second-order valence-electron chi connectivity index (χ2n) is 7.64. The van der Waals surface area contributed by atoms with Gasteiger partial charge >= 0.3 is 5.69 Å². The maximum Gasteiger partial charge on any atom is 0.348 e. The predicted octanol–water partition coefficient (Wildman–Crippen LogP) is 4.46. The minimum absolute atomic E-state index is 0.374. The SMILES string of the molecule is NCCCn1cc(-n2c(-c3ccc(Oc4ccccc4)cc3)n[nH]c2=O)c2cc(F)ccc21. The molecule has 2 aromatic heterocycles. The summed E-state index contributed by atoms with van der Waals surface area (Å²) >= 11 is 0. The topological polar surface area (TPSA) is 90.9 Å². The number of rotatable bonds is 7. The van der Waals surface area contributed by atoms with E-state index in [4.69, 9.17) is 10.5 Å². The Morgan fingerprint density at radius 2 is 1.76 bits per heavy atom. The molecule has 166 valence electrons. The van der Waals surface area contributed by atoms with E-state index in [1.54, 1.807) is 6.07 Å². The average Bonchev–Trinajstić information content (AvgIpc) is 3.38. The van der Waals surface area contributed by atoms with Crippen molar-refractivity contribution in [3.05, 3.63) is 95.3 Å². The molecule has 0 saturated heterocycles. The van der Waals surface area contributed by atoms with Crippen LogP contribution in [0.4, 0.5) is 4.39 Å². The van der Waals surface area contributed by atoms with Crippen LogP contribution in [0.25, 0.3) is 28.0 Å². The Morgan fingerprint density at radius 1 is 1.00 bits per heavy atom. The number of aromatic nitrogens is 4. The van der Waals surface area contributed by atoms with Gasteiger partial charge in [-0.05, 0) is 67.6 Å². The van der Waals surface area contributed by atoms with Gasteiger partial charge in [-0.15, -0.1) is 0 Å². The summed E-state index contributed by atoms with van der Waals surface area (Å²) in [5, 5.41) is 7.39. The van der Waals surface area contributed by atoms with Crippen molar-refractivity contribution in [2.75, 3.05) is 6.54 Å². The fourth-order valence-corrected chi connectivity index (χ4v) is 3.89. The molecule has 0 fully saturated rings. The number of benzene rings is 3. The second kappa shape index (κ2) is 8.76. The van der Waals surface area contributed by atoms with Gasteiger partial charge in [-0.1, -0.05) is 18.2 Å². The van der Waals surface area contributed by atoms with Crippen molar-refractivity contribution in [3.8, 4) is 28.6 Å². The molecule has 3 aromatic carbocycles. The van der Waals surface area contributed by atoms with E-state index in [0.717, 1.165) is 17.7 Å². The van der Waals surface area contributed by atoms with E-state index >= 15 is 0 Å². The van der Waals surface area contributed by atoms with E-state index in [1.165, 1.54) is 16.7 Å². The maximum absolute atomic E-state index is 14.1. The molecular weight excluding hydrogens is 421 g/mol. The molecule has 5 aromatic rings. The number of nitrogens with zero attached hydrogens (tertiary/aromatic N) is 3. The molecule has 0 saturated carbocycles. The van der Waals surface area contributed by atoms with E-state index < -0.39 is 5.69 Å². The molecular formula is C25H22FN5O2. The number of aromatic amines is 1. The molecule has 0 aliphatic carbocycles. The zero-order valence-corrected chi connectivity index (χ0v) is 17.7. The van der Waals surface area contributed by atoms with Crippen LogP contribution in [0.3, 0.4) is 0 Å². The lowest BCUT2D eigenvalue weighted by molar-refractivity contribution is 0.483. The number of para-hydroxylation sites is 1. The van der Waals surface area contributed by atoms with E-state index in [9.17, 15) is 9.18 Å². The summed E-state index contributed by atoms with van der Waals surface area (Å²) in [5.74, 6) is 1.44. The number of fused-ring (bicyclic) bond motifs is 1. The minimum atomic E-state index is -0.406.